The van der Waals surface area contributed by atoms with Gasteiger partial charge in [-0.3, -0.25) is 9.48 Å². The van der Waals surface area contributed by atoms with Crippen LogP contribution in [-0.2, 0) is 16.5 Å². The second-order valence-corrected chi connectivity index (χ2v) is 4.99. The van der Waals surface area contributed by atoms with E-state index in [0.29, 0.717) is 11.4 Å². The van der Waals surface area contributed by atoms with E-state index in [9.17, 15) is 14.4 Å². The molecule has 8 nitrogen and oxygen atoms in total. The average Bonchev–Trinajstić information content (AvgIpc) is 2.91. The van der Waals surface area contributed by atoms with E-state index in [0.717, 1.165) is 0 Å². The van der Waals surface area contributed by atoms with Crippen LogP contribution >= 0.6 is 0 Å². The van der Waals surface area contributed by atoms with Gasteiger partial charge < -0.3 is 14.8 Å². The van der Waals surface area contributed by atoms with Gasteiger partial charge in [0.25, 0.3) is 5.91 Å². The number of hydrogen-bond donors (Lipinski definition) is 1. The van der Waals surface area contributed by atoms with Crippen LogP contribution in [0.15, 0.2) is 24.3 Å². The summed E-state index contributed by atoms with van der Waals surface area (Å²) in [5, 5.41) is 6.70. The lowest BCUT2D eigenvalue weighted by molar-refractivity contribution is 0.0587. The molecule has 0 aliphatic carbocycles. The first kappa shape index (κ1) is 17.2. The van der Waals surface area contributed by atoms with Crippen molar-refractivity contribution in [3.05, 3.63) is 46.8 Å². The number of nitrogens with one attached hydrogen (secondary N) is 1. The van der Waals surface area contributed by atoms with Gasteiger partial charge in [-0.2, -0.15) is 5.10 Å². The molecule has 1 heterocycles. The Kier molecular flexibility index (Phi) is 4.98. The fourth-order valence-electron chi connectivity index (χ4n) is 2.19. The summed E-state index contributed by atoms with van der Waals surface area (Å²) in [5.41, 5.74) is 1.46. The lowest BCUT2D eigenvalue weighted by Gasteiger charge is -2.11. The molecule has 0 aliphatic rings. The zero-order valence-corrected chi connectivity index (χ0v) is 13.7. The largest absolute Gasteiger partial charge is 0.465 e. The molecule has 0 saturated carbocycles. The number of ether oxygens (including phenoxy) is 2. The number of methoxy groups -OCH3 is 2. The number of carbonyl (C=O) groups is 3. The number of hydrogen-bond acceptors (Lipinski definition) is 6. The third-order valence-electron chi connectivity index (χ3n) is 3.33. The molecular formula is C16H17N3O5. The number of benzene rings is 1. The van der Waals surface area contributed by atoms with Gasteiger partial charge in [-0.15, -0.1) is 0 Å². The van der Waals surface area contributed by atoms with E-state index in [1.165, 1.54) is 37.1 Å². The molecule has 24 heavy (non-hydrogen) atoms. The maximum absolute atomic E-state index is 12.4. The van der Waals surface area contributed by atoms with Gasteiger partial charge in [0.2, 0.25) is 0 Å². The highest BCUT2D eigenvalue weighted by Crippen LogP contribution is 2.20. The third-order valence-corrected chi connectivity index (χ3v) is 3.33. The summed E-state index contributed by atoms with van der Waals surface area (Å²) in [6, 6.07) is 5.78. The Labute approximate surface area is 138 Å². The quantitative estimate of drug-likeness (QED) is 0.853. The fourth-order valence-corrected chi connectivity index (χ4v) is 2.19. The van der Waals surface area contributed by atoms with Crippen molar-refractivity contribution in [2.45, 2.75) is 6.92 Å². The molecular weight excluding hydrogens is 314 g/mol. The van der Waals surface area contributed by atoms with E-state index >= 15 is 0 Å². The Bertz CT molecular complexity index is 810. The van der Waals surface area contributed by atoms with E-state index < -0.39 is 17.8 Å². The molecule has 0 fully saturated rings. The summed E-state index contributed by atoms with van der Waals surface area (Å²) in [5.74, 6) is -1.69. The van der Waals surface area contributed by atoms with Gasteiger partial charge in [0.05, 0.1) is 36.7 Å². The molecule has 0 spiro atoms. The maximum atomic E-state index is 12.4. The molecule has 0 bridgehead atoms. The summed E-state index contributed by atoms with van der Waals surface area (Å²) in [6.45, 7) is 1.76. The van der Waals surface area contributed by atoms with E-state index in [4.69, 9.17) is 4.74 Å². The van der Waals surface area contributed by atoms with Crippen molar-refractivity contribution < 1.29 is 23.9 Å². The molecule has 1 N–H and O–H groups in total. The number of aryl methyl sites for hydroxylation is 2. The molecule has 0 radical (unpaired) electrons. The van der Waals surface area contributed by atoms with Gasteiger partial charge in [-0.25, -0.2) is 9.59 Å². The predicted octanol–water partition coefficient (Wildman–Crippen LogP) is 1.55. The molecule has 0 atom stereocenters. The molecule has 8 heteroatoms. The third kappa shape index (κ3) is 3.43. The van der Waals surface area contributed by atoms with Crippen molar-refractivity contribution in [3.8, 4) is 0 Å². The van der Waals surface area contributed by atoms with Crippen molar-refractivity contribution in [2.24, 2.45) is 7.05 Å². The van der Waals surface area contributed by atoms with E-state index in [2.05, 4.69) is 15.2 Å². The van der Waals surface area contributed by atoms with E-state index in [1.54, 1.807) is 20.0 Å². The maximum Gasteiger partial charge on any atom is 0.339 e. The highest BCUT2D eigenvalue weighted by atomic mass is 16.5. The average molecular weight is 331 g/mol. The Hall–Kier alpha value is -3.16. The number of amides is 1. The summed E-state index contributed by atoms with van der Waals surface area (Å²) < 4.78 is 10.8. The first-order valence-corrected chi connectivity index (χ1v) is 7.00. The molecule has 1 aromatic heterocycles. The zero-order valence-electron chi connectivity index (χ0n) is 13.7. The summed E-state index contributed by atoms with van der Waals surface area (Å²) in [7, 11) is 4.11. The smallest absolute Gasteiger partial charge is 0.339 e. The minimum absolute atomic E-state index is 0.123. The summed E-state index contributed by atoms with van der Waals surface area (Å²) >= 11 is 0. The second kappa shape index (κ2) is 6.95. The SMILES string of the molecule is COC(=O)c1ccc(C(=O)OC)c(NC(=O)c2cc(C)nn2C)c1. The van der Waals surface area contributed by atoms with Crippen molar-refractivity contribution >= 4 is 23.5 Å². The van der Waals surface area contributed by atoms with Gasteiger partial charge in [-0.1, -0.05) is 0 Å². The summed E-state index contributed by atoms with van der Waals surface area (Å²) in [6.07, 6.45) is 0. The Morgan fingerprint density at radius 1 is 1.08 bits per heavy atom. The van der Waals surface area contributed by atoms with Gasteiger partial charge in [0.15, 0.2) is 0 Å². The van der Waals surface area contributed by atoms with Crippen LogP contribution in [0, 0.1) is 6.92 Å². The van der Waals surface area contributed by atoms with Gasteiger partial charge in [-0.05, 0) is 31.2 Å². The molecule has 1 amide bonds. The minimum atomic E-state index is -0.636. The first-order chi connectivity index (χ1) is 11.4. The highest BCUT2D eigenvalue weighted by Gasteiger charge is 2.19. The van der Waals surface area contributed by atoms with Crippen molar-refractivity contribution in [2.75, 3.05) is 19.5 Å². The second-order valence-electron chi connectivity index (χ2n) is 4.99. The van der Waals surface area contributed by atoms with E-state index in [-0.39, 0.29) is 16.8 Å². The highest BCUT2D eigenvalue weighted by molar-refractivity contribution is 6.08. The number of carbonyl (C=O) groups excluding carboxylic acids is 3. The van der Waals surface area contributed by atoms with Crippen LogP contribution in [0.3, 0.4) is 0 Å². The van der Waals surface area contributed by atoms with Crippen molar-refractivity contribution in [1.82, 2.24) is 9.78 Å². The molecule has 2 aromatic rings. The van der Waals surface area contributed by atoms with Gasteiger partial charge in [0, 0.05) is 7.05 Å². The standard InChI is InChI=1S/C16H17N3O5/c1-9-7-13(19(2)18-9)14(20)17-12-8-10(15(21)23-3)5-6-11(12)16(22)24-4/h5-8H,1-4H3,(H,17,20). The fraction of sp³-hybridized carbons (Fsp3) is 0.250. The first-order valence-electron chi connectivity index (χ1n) is 7.00. The normalized spacial score (nSPS) is 10.2. The van der Waals surface area contributed by atoms with Crippen molar-refractivity contribution in [3.63, 3.8) is 0 Å². The molecule has 0 unspecified atom stereocenters. The number of esters is 2. The Balaban J connectivity index is 2.42. The van der Waals surface area contributed by atoms with Gasteiger partial charge >= 0.3 is 11.9 Å². The molecule has 0 aliphatic heterocycles. The number of nitrogens with zero attached hydrogens (tertiary/aromatic N) is 2. The summed E-state index contributed by atoms with van der Waals surface area (Å²) in [4.78, 5) is 36.0. The lowest BCUT2D eigenvalue weighted by Crippen LogP contribution is -2.19. The van der Waals surface area contributed by atoms with Crippen LogP contribution in [0.4, 0.5) is 5.69 Å². The molecule has 1 aromatic carbocycles. The number of aromatic nitrogens is 2. The topological polar surface area (TPSA) is 99.5 Å². The Morgan fingerprint density at radius 2 is 1.75 bits per heavy atom. The van der Waals surface area contributed by atoms with Crippen molar-refractivity contribution in [1.29, 1.82) is 0 Å². The van der Waals surface area contributed by atoms with Crippen LogP contribution in [0.2, 0.25) is 0 Å². The Morgan fingerprint density at radius 3 is 2.29 bits per heavy atom. The van der Waals surface area contributed by atoms with E-state index in [1.807, 2.05) is 0 Å². The van der Waals surface area contributed by atoms with Gasteiger partial charge in [0.1, 0.15) is 5.69 Å². The lowest BCUT2D eigenvalue weighted by atomic mass is 10.1. The minimum Gasteiger partial charge on any atom is -0.465 e. The number of rotatable bonds is 4. The molecule has 2 rings (SSSR count). The van der Waals surface area contributed by atoms with Crippen LogP contribution in [0.25, 0.3) is 0 Å². The number of anilines is 1. The van der Waals surface area contributed by atoms with Crippen LogP contribution in [0.5, 0.6) is 0 Å². The molecule has 0 saturated heterocycles. The van der Waals surface area contributed by atoms with Crippen LogP contribution in [0.1, 0.15) is 36.9 Å². The van der Waals surface area contributed by atoms with Crippen LogP contribution < -0.4 is 5.32 Å². The molecule has 126 valence electrons. The zero-order chi connectivity index (χ0) is 17.9. The van der Waals surface area contributed by atoms with Crippen LogP contribution in [-0.4, -0.2) is 41.8 Å². The predicted molar refractivity (Wildman–Crippen MR) is 85.0 cm³/mol. The monoisotopic (exact) mass is 331 g/mol.